The molecule has 0 amide bonds. The van der Waals surface area contributed by atoms with Crippen LogP contribution in [0.2, 0.25) is 0 Å². The summed E-state index contributed by atoms with van der Waals surface area (Å²) >= 11 is 0. The van der Waals surface area contributed by atoms with E-state index in [-0.39, 0.29) is 92.3 Å². The zero-order valence-corrected chi connectivity index (χ0v) is 67.4. The summed E-state index contributed by atoms with van der Waals surface area (Å²) in [6.45, 7) is 7.39. The zero-order valence-electron chi connectivity index (χ0n) is 61.1. The lowest BCUT2D eigenvalue weighted by molar-refractivity contribution is -0.898. The molecule has 4 saturated heterocycles. The SMILES string of the molecule is C[N+]1(C)CCCC(OC(=O)C(O)(c2ccccc2)c2ccccc2)C1.C[N+]1(C)CCCC(OC(=O)C(O)(c2ccccc2)c2ccccc2)C1.C[N+]1(C)CCCC(OC(=O)C(O)(c2ccccc2)c2ccccc2)C1.C[N+]1(C)CCCC(OC(=O)C(O)(c2ccccc2)c2ccccc2)C1.[Br-].[Br-].[Br-].[Br-]. The highest BCUT2D eigenvalue weighted by atomic mass is 79.9. The number of piperidine rings is 4. The second-order valence-corrected chi connectivity index (χ2v) is 29.8. The summed E-state index contributed by atoms with van der Waals surface area (Å²) in [4.78, 5) is 52.3. The van der Waals surface area contributed by atoms with Crippen molar-refractivity contribution in [3.63, 3.8) is 0 Å². The molecule has 560 valence electrons. The van der Waals surface area contributed by atoms with Gasteiger partial charge in [0.2, 0.25) is 22.4 Å². The number of halogens is 4. The number of ether oxygens (including phenoxy) is 4. The van der Waals surface area contributed by atoms with E-state index < -0.39 is 46.3 Å². The van der Waals surface area contributed by atoms with Crippen molar-refractivity contribution in [2.45, 2.75) is 98.2 Å². The Morgan fingerprint density at radius 3 is 0.500 bits per heavy atom. The van der Waals surface area contributed by atoms with Gasteiger partial charge in [0.05, 0.1) is 82.6 Å². The van der Waals surface area contributed by atoms with E-state index in [1.54, 1.807) is 97.1 Å². The Morgan fingerprint density at radius 1 is 0.260 bits per heavy atom. The van der Waals surface area contributed by atoms with E-state index in [1.165, 1.54) is 0 Å². The van der Waals surface area contributed by atoms with Crippen LogP contribution in [0.3, 0.4) is 0 Å². The topological polar surface area (TPSA) is 186 Å². The van der Waals surface area contributed by atoms with Crippen LogP contribution in [0.25, 0.3) is 0 Å². The molecule has 0 aliphatic carbocycles. The first-order valence-electron chi connectivity index (χ1n) is 35.1. The number of likely N-dealkylation sites (N-methyl/N-ethyl adjacent to an activating group) is 4. The minimum atomic E-state index is -1.79. The van der Waals surface area contributed by atoms with E-state index in [2.05, 4.69) is 56.4 Å². The second-order valence-electron chi connectivity index (χ2n) is 29.8. The van der Waals surface area contributed by atoms with E-state index in [9.17, 15) is 39.6 Å². The first kappa shape index (κ1) is 87.9. The predicted octanol–water partition coefficient (Wildman–Crippen LogP) is -1.17. The standard InChI is InChI=1S/4C21H26NO3.4BrH/c4*1-22(2)15-9-14-19(16-22)25-20(23)21(24,17-10-5-3-6-11-17)18-12-7-4-8-13-18;;;;/h4*3-8,10-13,19,24H,9,14-16H2,1-2H3;4*1H/q4*+1;;;;/p-4. The molecular weight excluding hydrogens is 1580 g/mol. The van der Waals surface area contributed by atoms with E-state index in [0.29, 0.717) is 44.5 Å². The highest BCUT2D eigenvalue weighted by Gasteiger charge is 2.48. The number of rotatable bonds is 16. The molecule has 8 aromatic rings. The van der Waals surface area contributed by atoms with Crippen LogP contribution >= 0.6 is 0 Å². The van der Waals surface area contributed by atoms with E-state index in [4.69, 9.17) is 18.9 Å². The third-order valence-electron chi connectivity index (χ3n) is 19.8. The molecule has 4 fully saturated rings. The Bertz CT molecular complexity index is 3220. The van der Waals surface area contributed by atoms with Gasteiger partial charge >= 0.3 is 23.9 Å². The maximum Gasteiger partial charge on any atom is 0.348 e. The number of hydrogen-bond acceptors (Lipinski definition) is 12. The van der Waals surface area contributed by atoms with Crippen LogP contribution in [0, 0.1) is 0 Å². The fraction of sp³-hybridized carbons (Fsp3) is 0.381. The molecule has 20 heteroatoms. The fourth-order valence-electron chi connectivity index (χ4n) is 14.3. The smallest absolute Gasteiger partial charge is 0.348 e. The molecule has 0 aromatic heterocycles. The zero-order chi connectivity index (χ0) is 71.7. The number of likely N-dealkylation sites (tertiary alicyclic amines) is 4. The normalized spacial score (nSPS) is 19.3. The van der Waals surface area contributed by atoms with Gasteiger partial charge in [0.15, 0.2) is 24.4 Å². The van der Waals surface area contributed by atoms with Crippen molar-refractivity contribution in [2.24, 2.45) is 0 Å². The molecule has 12 rings (SSSR count). The van der Waals surface area contributed by atoms with Crippen LogP contribution in [-0.2, 0) is 60.5 Å². The van der Waals surface area contributed by atoms with Crippen molar-refractivity contribution in [1.82, 2.24) is 0 Å². The molecule has 4 unspecified atom stereocenters. The molecule has 0 bridgehead atoms. The predicted molar refractivity (Wildman–Crippen MR) is 387 cm³/mol. The van der Waals surface area contributed by atoms with Crippen molar-refractivity contribution in [1.29, 1.82) is 0 Å². The molecular formula is C84H104Br4N4O12. The highest BCUT2D eigenvalue weighted by molar-refractivity contribution is 5.88. The van der Waals surface area contributed by atoms with Crippen LogP contribution in [0.4, 0.5) is 0 Å². The maximum atomic E-state index is 13.1. The molecule has 0 saturated carbocycles. The number of aliphatic hydroxyl groups is 4. The van der Waals surface area contributed by atoms with Crippen LogP contribution in [0.5, 0.6) is 0 Å². The first-order valence-corrected chi connectivity index (χ1v) is 35.1. The molecule has 0 radical (unpaired) electrons. The van der Waals surface area contributed by atoms with Crippen LogP contribution < -0.4 is 67.9 Å². The molecule has 4 heterocycles. The van der Waals surface area contributed by atoms with E-state index >= 15 is 0 Å². The maximum absolute atomic E-state index is 13.1. The summed E-state index contributed by atoms with van der Waals surface area (Å²) in [5, 5.41) is 45.6. The molecule has 16 nitrogen and oxygen atoms in total. The lowest BCUT2D eigenvalue weighted by Crippen LogP contribution is -3.00. The molecule has 4 N–H and O–H groups in total. The van der Waals surface area contributed by atoms with Crippen LogP contribution in [0.1, 0.15) is 95.9 Å². The summed E-state index contributed by atoms with van der Waals surface area (Å²) in [6, 6.07) is 72.1. The number of nitrogens with zero attached hydrogens (tertiary/aromatic N) is 4. The largest absolute Gasteiger partial charge is 1.00 e. The Morgan fingerprint density at radius 2 is 0.385 bits per heavy atom. The Balaban J connectivity index is 0.000000246. The van der Waals surface area contributed by atoms with Gasteiger partial charge in [-0.3, -0.25) is 0 Å². The quantitative estimate of drug-likeness (QED) is 0.0518. The summed E-state index contributed by atoms with van der Waals surface area (Å²) < 4.78 is 26.5. The number of carbonyl (C=O) groups is 4. The summed E-state index contributed by atoms with van der Waals surface area (Å²) in [6.07, 6.45) is 6.73. The number of benzene rings is 8. The Hall–Kier alpha value is -6.76. The fourth-order valence-corrected chi connectivity index (χ4v) is 14.3. The van der Waals surface area contributed by atoms with Gasteiger partial charge in [0.25, 0.3) is 0 Å². The molecule has 4 atom stereocenters. The van der Waals surface area contributed by atoms with Gasteiger partial charge in [0.1, 0.15) is 26.2 Å². The number of esters is 4. The number of hydrogen-bond donors (Lipinski definition) is 4. The third kappa shape index (κ3) is 22.7. The van der Waals surface area contributed by atoms with Crippen molar-refractivity contribution in [3.8, 4) is 0 Å². The average molecular weight is 1680 g/mol. The van der Waals surface area contributed by atoms with E-state index in [1.807, 2.05) is 146 Å². The molecule has 4 aliphatic heterocycles. The highest BCUT2D eigenvalue weighted by Crippen LogP contribution is 2.37. The van der Waals surface area contributed by atoms with Crippen molar-refractivity contribution in [2.75, 3.05) is 109 Å². The lowest BCUT2D eigenvalue weighted by Gasteiger charge is -2.38. The van der Waals surface area contributed by atoms with Crippen LogP contribution in [-0.4, -0.2) is 195 Å². The van der Waals surface area contributed by atoms with Crippen molar-refractivity contribution >= 4 is 23.9 Å². The minimum Gasteiger partial charge on any atom is -1.00 e. The Labute approximate surface area is 657 Å². The first-order chi connectivity index (χ1) is 47.7. The molecule has 8 aromatic carbocycles. The van der Waals surface area contributed by atoms with Crippen LogP contribution in [0.15, 0.2) is 243 Å². The summed E-state index contributed by atoms with van der Waals surface area (Å²) in [5.74, 6) is -2.40. The van der Waals surface area contributed by atoms with Gasteiger partial charge in [-0.2, -0.15) is 0 Å². The van der Waals surface area contributed by atoms with Gasteiger partial charge in [-0.15, -0.1) is 0 Å². The van der Waals surface area contributed by atoms with Crippen molar-refractivity contribution < 1.29 is 144 Å². The molecule has 4 aliphatic rings. The Kier molecular flexibility index (Phi) is 33.1. The average Bonchev–Trinajstić information content (AvgIpc) is 0.793. The van der Waals surface area contributed by atoms with Gasteiger partial charge in [-0.1, -0.05) is 243 Å². The molecule has 0 spiro atoms. The van der Waals surface area contributed by atoms with Crippen molar-refractivity contribution in [3.05, 3.63) is 287 Å². The number of quaternary nitrogens is 4. The summed E-state index contributed by atoms with van der Waals surface area (Å²) in [7, 11) is 17.1. The minimum absolute atomic E-state index is 0. The van der Waals surface area contributed by atoms with E-state index in [0.717, 1.165) is 122 Å². The second kappa shape index (κ2) is 39.2. The van der Waals surface area contributed by atoms with Gasteiger partial charge in [0, 0.05) is 25.7 Å². The van der Waals surface area contributed by atoms with Gasteiger partial charge in [-0.05, 0) is 70.2 Å². The monoisotopic (exact) mass is 1680 g/mol. The van der Waals surface area contributed by atoms with Gasteiger partial charge in [-0.25, -0.2) is 19.2 Å². The summed E-state index contributed by atoms with van der Waals surface area (Å²) in [5.41, 5.74) is -2.99. The number of carbonyl (C=O) groups excluding carboxylic acids is 4. The third-order valence-corrected chi connectivity index (χ3v) is 19.8. The molecule has 104 heavy (non-hydrogen) atoms. The lowest BCUT2D eigenvalue weighted by atomic mass is 9.86. The van der Waals surface area contributed by atoms with Gasteiger partial charge < -0.3 is 125 Å².